The summed E-state index contributed by atoms with van der Waals surface area (Å²) in [6.07, 6.45) is 4.41. The summed E-state index contributed by atoms with van der Waals surface area (Å²) < 4.78 is 0. The Balaban J connectivity index is 1.59. The van der Waals surface area contributed by atoms with Gasteiger partial charge in [-0.1, -0.05) is 6.07 Å². The molecule has 0 radical (unpaired) electrons. The first-order chi connectivity index (χ1) is 9.79. The zero-order valence-corrected chi connectivity index (χ0v) is 12.9. The number of carbonyl (C=O) groups excluding carboxylic acids is 1. The van der Waals surface area contributed by atoms with Gasteiger partial charge in [0.05, 0.1) is 5.41 Å². The van der Waals surface area contributed by atoms with Crippen LogP contribution >= 0.6 is 22.7 Å². The largest absolute Gasteiger partial charge is 0.335 e. The highest BCUT2D eigenvalue weighted by atomic mass is 32.1. The van der Waals surface area contributed by atoms with Crippen LogP contribution in [0.3, 0.4) is 0 Å². The molecule has 0 unspecified atom stereocenters. The second kappa shape index (κ2) is 4.71. The van der Waals surface area contributed by atoms with Crippen LogP contribution in [0.4, 0.5) is 0 Å². The zero-order valence-electron chi connectivity index (χ0n) is 11.2. The molecule has 104 valence electrons. The maximum Gasteiger partial charge on any atom is 0.234 e. The maximum atomic E-state index is 13.1. The molecule has 2 nitrogen and oxygen atoms in total. The number of hydrogen-bond donors (Lipinski definition) is 0. The summed E-state index contributed by atoms with van der Waals surface area (Å²) in [5.41, 5.74) is 1.10. The maximum absolute atomic E-state index is 13.1. The van der Waals surface area contributed by atoms with Gasteiger partial charge in [-0.15, -0.1) is 11.3 Å². The third kappa shape index (κ3) is 2.11. The predicted octanol–water partition coefficient (Wildman–Crippen LogP) is 4.03. The van der Waals surface area contributed by atoms with Gasteiger partial charge in [0.2, 0.25) is 5.91 Å². The van der Waals surface area contributed by atoms with Gasteiger partial charge in [-0.3, -0.25) is 4.79 Å². The summed E-state index contributed by atoms with van der Waals surface area (Å²) in [5.74, 6) is 0.369. The Morgan fingerprint density at radius 3 is 2.70 bits per heavy atom. The molecule has 0 saturated heterocycles. The predicted molar refractivity (Wildman–Crippen MR) is 83.1 cm³/mol. The van der Waals surface area contributed by atoms with E-state index >= 15 is 0 Å². The number of carbonyl (C=O) groups is 1. The van der Waals surface area contributed by atoms with Crippen molar-refractivity contribution in [2.45, 2.75) is 43.7 Å². The highest BCUT2D eigenvalue weighted by Crippen LogP contribution is 2.52. The fourth-order valence-electron chi connectivity index (χ4n) is 2.85. The van der Waals surface area contributed by atoms with E-state index in [4.69, 9.17) is 0 Å². The number of nitrogens with zero attached hydrogens (tertiary/aromatic N) is 1. The molecule has 1 amide bonds. The van der Waals surface area contributed by atoms with Gasteiger partial charge in [0.25, 0.3) is 0 Å². The van der Waals surface area contributed by atoms with E-state index < -0.39 is 0 Å². The third-order valence-electron chi connectivity index (χ3n) is 4.33. The van der Waals surface area contributed by atoms with Gasteiger partial charge in [0.15, 0.2) is 0 Å². The lowest BCUT2D eigenvalue weighted by atomic mass is 10.0. The highest BCUT2D eigenvalue weighted by Gasteiger charge is 2.55. The van der Waals surface area contributed by atoms with Gasteiger partial charge in [0.1, 0.15) is 0 Å². The second-order valence-corrected chi connectivity index (χ2v) is 7.58. The SMILES string of the molecule is O=C(N(Cc1ccsc1)C1CC1)C1(c2cccs2)CC1. The van der Waals surface area contributed by atoms with Crippen LogP contribution in [0.2, 0.25) is 0 Å². The molecule has 0 atom stereocenters. The van der Waals surface area contributed by atoms with Crippen LogP contribution in [-0.4, -0.2) is 16.8 Å². The summed E-state index contributed by atoms with van der Waals surface area (Å²) in [4.78, 5) is 16.5. The van der Waals surface area contributed by atoms with Crippen molar-refractivity contribution in [2.24, 2.45) is 0 Å². The van der Waals surface area contributed by atoms with Crippen LogP contribution in [0.25, 0.3) is 0 Å². The molecule has 0 spiro atoms. The molecule has 0 aliphatic heterocycles. The van der Waals surface area contributed by atoms with Gasteiger partial charge in [-0.05, 0) is 59.5 Å². The molecule has 2 aliphatic carbocycles. The molecular formula is C16H17NOS2. The van der Waals surface area contributed by atoms with Crippen molar-refractivity contribution >= 4 is 28.6 Å². The van der Waals surface area contributed by atoms with Crippen molar-refractivity contribution in [2.75, 3.05) is 0 Å². The van der Waals surface area contributed by atoms with Crippen molar-refractivity contribution in [1.29, 1.82) is 0 Å². The summed E-state index contributed by atoms with van der Waals surface area (Å²) >= 11 is 3.44. The Morgan fingerprint density at radius 2 is 2.15 bits per heavy atom. The highest BCUT2D eigenvalue weighted by molar-refractivity contribution is 7.10. The van der Waals surface area contributed by atoms with Gasteiger partial charge >= 0.3 is 0 Å². The fraction of sp³-hybridized carbons (Fsp3) is 0.438. The lowest BCUT2D eigenvalue weighted by Gasteiger charge is -2.27. The van der Waals surface area contributed by atoms with Crippen molar-refractivity contribution in [3.63, 3.8) is 0 Å². The Hall–Kier alpha value is -1.13. The van der Waals surface area contributed by atoms with Crippen LogP contribution in [0.15, 0.2) is 34.3 Å². The lowest BCUT2D eigenvalue weighted by Crippen LogP contribution is -2.40. The minimum atomic E-state index is -0.174. The van der Waals surface area contributed by atoms with E-state index in [9.17, 15) is 4.79 Å². The summed E-state index contributed by atoms with van der Waals surface area (Å²) in [6.45, 7) is 0.792. The van der Waals surface area contributed by atoms with Crippen molar-refractivity contribution < 1.29 is 4.79 Å². The Bertz CT molecular complexity index is 594. The molecule has 2 aliphatic rings. The van der Waals surface area contributed by atoms with Gasteiger partial charge in [-0.2, -0.15) is 11.3 Å². The van der Waals surface area contributed by atoms with E-state index in [-0.39, 0.29) is 5.41 Å². The molecular weight excluding hydrogens is 286 g/mol. The van der Waals surface area contributed by atoms with Crippen molar-refractivity contribution in [3.05, 3.63) is 44.8 Å². The standard InChI is InChI=1S/C16H17NOS2/c18-15(16(6-7-16)14-2-1-8-20-14)17(13-3-4-13)10-12-5-9-19-11-12/h1-2,5,8-9,11,13H,3-4,6-7,10H2. The molecule has 4 rings (SSSR count). The van der Waals surface area contributed by atoms with Crippen LogP contribution in [0.1, 0.15) is 36.1 Å². The van der Waals surface area contributed by atoms with Crippen LogP contribution in [0, 0.1) is 0 Å². The molecule has 0 N–H and O–H groups in total. The first-order valence-electron chi connectivity index (χ1n) is 7.16. The molecule has 0 aromatic carbocycles. The second-order valence-electron chi connectivity index (χ2n) is 5.86. The van der Waals surface area contributed by atoms with Gasteiger partial charge in [-0.25, -0.2) is 0 Å². The quantitative estimate of drug-likeness (QED) is 0.816. The van der Waals surface area contributed by atoms with Crippen molar-refractivity contribution in [3.8, 4) is 0 Å². The molecule has 20 heavy (non-hydrogen) atoms. The first kappa shape index (κ1) is 12.6. The lowest BCUT2D eigenvalue weighted by molar-refractivity contribution is -0.135. The van der Waals surface area contributed by atoms with E-state index in [1.807, 2.05) is 0 Å². The Kier molecular flexibility index (Phi) is 2.97. The third-order valence-corrected chi connectivity index (χ3v) is 6.14. The van der Waals surface area contributed by atoms with E-state index in [0.717, 1.165) is 19.4 Å². The average Bonchev–Trinajstić information content (AvgIpc) is 3.36. The minimum Gasteiger partial charge on any atom is -0.335 e. The van der Waals surface area contributed by atoms with Crippen LogP contribution in [-0.2, 0) is 16.8 Å². The molecule has 2 saturated carbocycles. The summed E-state index contributed by atoms with van der Waals surface area (Å²) in [6, 6.07) is 6.82. The van der Waals surface area contributed by atoms with Crippen molar-refractivity contribution in [1.82, 2.24) is 4.90 Å². The normalized spacial score (nSPS) is 19.8. The van der Waals surface area contributed by atoms with Crippen LogP contribution in [0.5, 0.6) is 0 Å². The average molecular weight is 303 g/mol. The molecule has 2 aromatic rings. The molecule has 0 bridgehead atoms. The monoisotopic (exact) mass is 303 g/mol. The molecule has 2 aromatic heterocycles. The van der Waals surface area contributed by atoms with E-state index in [2.05, 4.69) is 39.2 Å². The van der Waals surface area contributed by atoms with E-state index in [1.165, 1.54) is 23.3 Å². The van der Waals surface area contributed by atoms with Gasteiger partial charge < -0.3 is 4.90 Å². The smallest absolute Gasteiger partial charge is 0.234 e. The molecule has 2 fully saturated rings. The first-order valence-corrected chi connectivity index (χ1v) is 8.98. The summed E-state index contributed by atoms with van der Waals surface area (Å²) in [5, 5.41) is 6.34. The molecule has 2 heterocycles. The number of amides is 1. The zero-order chi connectivity index (χ0) is 13.6. The van der Waals surface area contributed by atoms with Gasteiger partial charge in [0, 0.05) is 17.5 Å². The van der Waals surface area contributed by atoms with Crippen LogP contribution < -0.4 is 0 Å². The van der Waals surface area contributed by atoms with E-state index in [0.29, 0.717) is 11.9 Å². The van der Waals surface area contributed by atoms with E-state index in [1.54, 1.807) is 22.7 Å². The summed E-state index contributed by atoms with van der Waals surface area (Å²) in [7, 11) is 0. The number of thiophene rings is 2. The minimum absolute atomic E-state index is 0.174. The number of rotatable bonds is 5. The Morgan fingerprint density at radius 1 is 1.30 bits per heavy atom. The Labute approximate surface area is 127 Å². The fourth-order valence-corrected chi connectivity index (χ4v) is 4.49. The topological polar surface area (TPSA) is 20.3 Å². The molecule has 4 heteroatoms. The number of hydrogen-bond acceptors (Lipinski definition) is 3.